The maximum absolute atomic E-state index is 13.3. The lowest BCUT2D eigenvalue weighted by Gasteiger charge is -2.04. The monoisotopic (exact) mass is 376 g/mol. The summed E-state index contributed by atoms with van der Waals surface area (Å²) >= 11 is 0. The number of aryl methyl sites for hydroxylation is 1. The molecule has 1 amide bonds. The third kappa shape index (κ3) is 3.47. The van der Waals surface area contributed by atoms with Gasteiger partial charge in [-0.3, -0.25) is 4.79 Å². The van der Waals surface area contributed by atoms with Crippen molar-refractivity contribution in [2.75, 3.05) is 5.32 Å². The van der Waals surface area contributed by atoms with Crippen LogP contribution in [0.25, 0.3) is 16.8 Å². The number of rotatable bonds is 4. The SMILES string of the molecule is Cc1cc(NC(=O)c2cn3cc(-c4cccc(CO)c4)ccc3n2)ncc1F. The molecule has 0 saturated carbocycles. The van der Waals surface area contributed by atoms with Crippen LogP contribution in [0, 0.1) is 12.7 Å². The van der Waals surface area contributed by atoms with E-state index < -0.39 is 11.7 Å². The number of aliphatic hydroxyl groups excluding tert-OH is 1. The minimum atomic E-state index is -0.427. The highest BCUT2D eigenvalue weighted by molar-refractivity contribution is 6.02. The van der Waals surface area contributed by atoms with Gasteiger partial charge in [-0.2, -0.15) is 0 Å². The fourth-order valence-corrected chi connectivity index (χ4v) is 2.91. The van der Waals surface area contributed by atoms with Gasteiger partial charge in [-0.05, 0) is 53.4 Å². The molecule has 140 valence electrons. The zero-order valence-corrected chi connectivity index (χ0v) is 15.1. The predicted molar refractivity (Wildman–Crippen MR) is 103 cm³/mol. The minimum absolute atomic E-state index is 0.0254. The molecule has 3 heterocycles. The van der Waals surface area contributed by atoms with Crippen LogP contribution in [0.5, 0.6) is 0 Å². The second kappa shape index (κ2) is 7.21. The Morgan fingerprint density at radius 1 is 1.18 bits per heavy atom. The molecule has 0 saturated heterocycles. The van der Waals surface area contributed by atoms with Gasteiger partial charge in [0.05, 0.1) is 12.8 Å². The number of benzene rings is 1. The Hall–Kier alpha value is -3.58. The summed E-state index contributed by atoms with van der Waals surface area (Å²) in [6.45, 7) is 1.58. The molecule has 0 bridgehead atoms. The molecule has 28 heavy (non-hydrogen) atoms. The van der Waals surface area contributed by atoms with Crippen molar-refractivity contribution in [3.63, 3.8) is 0 Å². The Bertz CT molecular complexity index is 1190. The minimum Gasteiger partial charge on any atom is -0.392 e. The van der Waals surface area contributed by atoms with E-state index in [1.165, 1.54) is 6.07 Å². The number of anilines is 1. The fraction of sp³-hybridized carbons (Fsp3) is 0.0952. The number of aliphatic hydroxyl groups is 1. The molecule has 0 radical (unpaired) electrons. The summed E-state index contributed by atoms with van der Waals surface area (Å²) < 4.78 is 15.1. The van der Waals surface area contributed by atoms with Gasteiger partial charge in [-0.1, -0.05) is 18.2 Å². The van der Waals surface area contributed by atoms with Gasteiger partial charge in [-0.15, -0.1) is 0 Å². The van der Waals surface area contributed by atoms with Gasteiger partial charge in [0.1, 0.15) is 23.0 Å². The largest absolute Gasteiger partial charge is 0.392 e. The quantitative estimate of drug-likeness (QED) is 0.570. The first-order chi connectivity index (χ1) is 13.5. The van der Waals surface area contributed by atoms with E-state index >= 15 is 0 Å². The number of carbonyl (C=O) groups is 1. The van der Waals surface area contributed by atoms with Gasteiger partial charge in [0.2, 0.25) is 0 Å². The van der Waals surface area contributed by atoms with Crippen molar-refractivity contribution < 1.29 is 14.3 Å². The first-order valence-corrected chi connectivity index (χ1v) is 8.66. The lowest BCUT2D eigenvalue weighted by molar-refractivity contribution is 0.102. The molecule has 1 aromatic carbocycles. The van der Waals surface area contributed by atoms with Gasteiger partial charge < -0.3 is 14.8 Å². The molecule has 0 unspecified atom stereocenters. The number of nitrogens with zero attached hydrogens (tertiary/aromatic N) is 3. The number of nitrogens with one attached hydrogen (secondary N) is 1. The van der Waals surface area contributed by atoms with Crippen molar-refractivity contribution >= 4 is 17.4 Å². The number of hydrogen-bond acceptors (Lipinski definition) is 4. The maximum Gasteiger partial charge on any atom is 0.277 e. The topological polar surface area (TPSA) is 79.5 Å². The number of hydrogen-bond donors (Lipinski definition) is 2. The molecule has 0 fully saturated rings. The highest BCUT2D eigenvalue weighted by Gasteiger charge is 2.13. The zero-order valence-electron chi connectivity index (χ0n) is 15.1. The average molecular weight is 376 g/mol. The molecule has 3 aromatic heterocycles. The molecular weight excluding hydrogens is 359 g/mol. The molecule has 6 nitrogen and oxygen atoms in total. The van der Waals surface area contributed by atoms with E-state index in [0.29, 0.717) is 11.2 Å². The van der Waals surface area contributed by atoms with Gasteiger partial charge in [0.15, 0.2) is 0 Å². The summed E-state index contributed by atoms with van der Waals surface area (Å²) in [5.74, 6) is -0.586. The lowest BCUT2D eigenvalue weighted by Crippen LogP contribution is -2.13. The van der Waals surface area contributed by atoms with Crippen LogP contribution in [-0.2, 0) is 6.61 Å². The molecule has 7 heteroatoms. The number of fused-ring (bicyclic) bond motifs is 1. The fourth-order valence-electron chi connectivity index (χ4n) is 2.91. The molecule has 2 N–H and O–H groups in total. The standard InChI is InChI=1S/C21H17FN4O2/c1-13-7-19(23-9-17(13)22)25-21(28)18-11-26-10-16(5-6-20(26)24-18)15-4-2-3-14(8-15)12-27/h2-11,27H,12H2,1H3,(H,23,25,28). The van der Waals surface area contributed by atoms with Crippen molar-refractivity contribution in [2.24, 2.45) is 0 Å². The summed E-state index contributed by atoms with van der Waals surface area (Å²) in [6, 6.07) is 12.8. The molecule has 0 aliphatic carbocycles. The Morgan fingerprint density at radius 3 is 2.82 bits per heavy atom. The van der Waals surface area contributed by atoms with Crippen LogP contribution in [0.1, 0.15) is 21.6 Å². The van der Waals surface area contributed by atoms with Crippen molar-refractivity contribution in [3.05, 3.63) is 83.7 Å². The Balaban J connectivity index is 1.62. The Kier molecular flexibility index (Phi) is 4.58. The van der Waals surface area contributed by atoms with Gasteiger partial charge in [0.25, 0.3) is 5.91 Å². The normalized spacial score (nSPS) is 11.0. The molecule has 4 aromatic rings. The number of carbonyl (C=O) groups excluding carboxylic acids is 1. The van der Waals surface area contributed by atoms with E-state index in [4.69, 9.17) is 0 Å². The smallest absolute Gasteiger partial charge is 0.277 e. The first kappa shape index (κ1) is 17.8. The van der Waals surface area contributed by atoms with Crippen molar-refractivity contribution in [1.29, 1.82) is 0 Å². The van der Waals surface area contributed by atoms with Crippen LogP contribution in [-0.4, -0.2) is 25.4 Å². The van der Waals surface area contributed by atoms with Gasteiger partial charge >= 0.3 is 0 Å². The molecule has 0 spiro atoms. The summed E-state index contributed by atoms with van der Waals surface area (Å²) in [5.41, 5.74) is 3.96. The van der Waals surface area contributed by atoms with Crippen molar-refractivity contribution in [2.45, 2.75) is 13.5 Å². The van der Waals surface area contributed by atoms with Crippen molar-refractivity contribution in [3.8, 4) is 11.1 Å². The zero-order chi connectivity index (χ0) is 19.7. The van der Waals surface area contributed by atoms with E-state index in [2.05, 4.69) is 15.3 Å². The number of pyridine rings is 2. The van der Waals surface area contributed by atoms with Crippen molar-refractivity contribution in [1.82, 2.24) is 14.4 Å². The predicted octanol–water partition coefficient (Wildman–Crippen LogP) is 3.59. The van der Waals surface area contributed by atoms with E-state index in [-0.39, 0.29) is 18.1 Å². The van der Waals surface area contributed by atoms with Crippen LogP contribution in [0.4, 0.5) is 10.2 Å². The van der Waals surface area contributed by atoms with Crippen LogP contribution >= 0.6 is 0 Å². The lowest BCUT2D eigenvalue weighted by atomic mass is 10.1. The average Bonchev–Trinajstić information content (AvgIpc) is 3.14. The van der Waals surface area contributed by atoms with E-state index in [1.54, 1.807) is 17.5 Å². The molecule has 0 atom stereocenters. The Labute approximate surface area is 160 Å². The summed E-state index contributed by atoms with van der Waals surface area (Å²) in [7, 11) is 0. The van der Waals surface area contributed by atoms with Crippen LogP contribution in [0.15, 0.2) is 61.1 Å². The number of aromatic nitrogens is 3. The second-order valence-electron chi connectivity index (χ2n) is 6.44. The summed E-state index contributed by atoms with van der Waals surface area (Å²) in [6.07, 6.45) is 4.57. The number of imidazole rings is 1. The third-order valence-corrected chi connectivity index (χ3v) is 4.42. The maximum atomic E-state index is 13.3. The third-order valence-electron chi connectivity index (χ3n) is 4.42. The van der Waals surface area contributed by atoms with Crippen LogP contribution < -0.4 is 5.32 Å². The highest BCUT2D eigenvalue weighted by Crippen LogP contribution is 2.22. The Morgan fingerprint density at radius 2 is 2.04 bits per heavy atom. The summed E-state index contributed by atoms with van der Waals surface area (Å²) in [4.78, 5) is 20.7. The molecule has 0 aliphatic heterocycles. The number of amides is 1. The summed E-state index contributed by atoms with van der Waals surface area (Å²) in [5, 5.41) is 11.9. The van der Waals surface area contributed by atoms with E-state index in [0.717, 1.165) is 22.9 Å². The first-order valence-electron chi connectivity index (χ1n) is 8.66. The number of halogens is 1. The highest BCUT2D eigenvalue weighted by atomic mass is 19.1. The van der Waals surface area contributed by atoms with E-state index in [9.17, 15) is 14.3 Å². The van der Waals surface area contributed by atoms with Gasteiger partial charge in [-0.25, -0.2) is 14.4 Å². The molecule has 0 aliphatic rings. The molecular formula is C21H17FN4O2. The van der Waals surface area contributed by atoms with Crippen LogP contribution in [0.2, 0.25) is 0 Å². The molecule has 4 rings (SSSR count). The van der Waals surface area contributed by atoms with Gasteiger partial charge in [0, 0.05) is 12.4 Å². The second-order valence-corrected chi connectivity index (χ2v) is 6.44. The van der Waals surface area contributed by atoms with Crippen LogP contribution in [0.3, 0.4) is 0 Å². The van der Waals surface area contributed by atoms with E-state index in [1.807, 2.05) is 42.6 Å².